The summed E-state index contributed by atoms with van der Waals surface area (Å²) in [6, 6.07) is 1.74. The molecule has 0 atom stereocenters. The highest BCUT2D eigenvalue weighted by Gasteiger charge is 2.34. The molecular weight excluding hydrogens is 254 g/mol. The Morgan fingerprint density at radius 1 is 1.50 bits per heavy atom. The molecule has 0 aliphatic carbocycles. The first-order chi connectivity index (χ1) is 8.72. The number of ether oxygens (including phenoxy) is 1. The maximum Gasteiger partial charge on any atom is 0.293 e. The van der Waals surface area contributed by atoms with E-state index in [1.54, 1.807) is 19.3 Å². The zero-order chi connectivity index (χ0) is 13.0. The van der Waals surface area contributed by atoms with E-state index in [2.05, 4.69) is 0 Å². The molecule has 0 N–H and O–H groups in total. The van der Waals surface area contributed by atoms with Crippen molar-refractivity contribution in [1.82, 2.24) is 4.90 Å². The van der Waals surface area contributed by atoms with Crippen LogP contribution in [0.5, 0.6) is 0 Å². The average molecular weight is 267 g/mol. The maximum absolute atomic E-state index is 12.0. The lowest BCUT2D eigenvalue weighted by molar-refractivity contribution is -0.122. The molecule has 0 bridgehead atoms. The number of nitrogens with zero attached hydrogens (tertiary/aromatic N) is 1. The molecule has 1 aromatic rings. The van der Waals surface area contributed by atoms with E-state index in [9.17, 15) is 9.59 Å². The molecule has 0 spiro atoms. The minimum Gasteiger partial charge on any atom is -0.472 e. The zero-order valence-electron chi connectivity index (χ0n) is 9.92. The third-order valence-electron chi connectivity index (χ3n) is 2.44. The van der Waals surface area contributed by atoms with Crippen molar-refractivity contribution in [2.24, 2.45) is 0 Å². The lowest BCUT2D eigenvalue weighted by Crippen LogP contribution is -2.29. The summed E-state index contributed by atoms with van der Waals surface area (Å²) in [4.78, 5) is 25.3. The largest absolute Gasteiger partial charge is 0.472 e. The lowest BCUT2D eigenvalue weighted by Gasteiger charge is -2.11. The monoisotopic (exact) mass is 267 g/mol. The molecule has 1 aromatic heterocycles. The summed E-state index contributed by atoms with van der Waals surface area (Å²) < 4.78 is 9.81. The Balaban J connectivity index is 2.04. The van der Waals surface area contributed by atoms with Crippen LogP contribution in [0.25, 0.3) is 6.08 Å². The van der Waals surface area contributed by atoms with Gasteiger partial charge in [0.15, 0.2) is 0 Å². The van der Waals surface area contributed by atoms with Crippen LogP contribution in [-0.2, 0) is 9.53 Å². The second-order valence-corrected chi connectivity index (χ2v) is 4.73. The SMILES string of the molecule is COCCCN1C(=O)S/C(=C/c2ccoc2)C1=O. The molecular formula is C12H13NO4S. The van der Waals surface area contributed by atoms with E-state index in [1.165, 1.54) is 17.4 Å². The Morgan fingerprint density at radius 2 is 2.33 bits per heavy atom. The first kappa shape index (κ1) is 12.9. The number of amides is 2. The van der Waals surface area contributed by atoms with Crippen LogP contribution in [-0.4, -0.2) is 36.3 Å². The fraction of sp³-hybridized carbons (Fsp3) is 0.333. The number of furan rings is 1. The number of imide groups is 1. The van der Waals surface area contributed by atoms with E-state index in [1.807, 2.05) is 0 Å². The fourth-order valence-electron chi connectivity index (χ4n) is 1.57. The molecule has 1 aliphatic heterocycles. The topological polar surface area (TPSA) is 59.8 Å². The van der Waals surface area contributed by atoms with E-state index in [0.717, 1.165) is 17.3 Å². The van der Waals surface area contributed by atoms with Gasteiger partial charge < -0.3 is 9.15 Å². The molecule has 6 heteroatoms. The van der Waals surface area contributed by atoms with Crippen LogP contribution >= 0.6 is 11.8 Å². The van der Waals surface area contributed by atoms with Gasteiger partial charge in [0.2, 0.25) is 0 Å². The van der Waals surface area contributed by atoms with Crippen LogP contribution in [0.2, 0.25) is 0 Å². The number of methoxy groups -OCH3 is 1. The molecule has 2 amide bonds. The summed E-state index contributed by atoms with van der Waals surface area (Å²) in [6.07, 6.45) is 5.35. The zero-order valence-corrected chi connectivity index (χ0v) is 10.7. The second kappa shape index (κ2) is 5.88. The number of hydrogen-bond donors (Lipinski definition) is 0. The summed E-state index contributed by atoms with van der Waals surface area (Å²) in [6.45, 7) is 0.920. The van der Waals surface area contributed by atoms with E-state index in [-0.39, 0.29) is 11.1 Å². The van der Waals surface area contributed by atoms with Crippen molar-refractivity contribution in [1.29, 1.82) is 0 Å². The van der Waals surface area contributed by atoms with Gasteiger partial charge in [-0.25, -0.2) is 0 Å². The Hall–Kier alpha value is -1.53. The predicted octanol–water partition coefficient (Wildman–Crippen LogP) is 2.35. The summed E-state index contributed by atoms with van der Waals surface area (Å²) in [5.74, 6) is -0.248. The van der Waals surface area contributed by atoms with Crippen molar-refractivity contribution < 1.29 is 18.7 Å². The van der Waals surface area contributed by atoms with Crippen molar-refractivity contribution in [2.45, 2.75) is 6.42 Å². The van der Waals surface area contributed by atoms with Gasteiger partial charge in [-0.2, -0.15) is 0 Å². The lowest BCUT2D eigenvalue weighted by atomic mass is 10.3. The highest BCUT2D eigenvalue weighted by molar-refractivity contribution is 8.18. The van der Waals surface area contributed by atoms with Gasteiger partial charge in [-0.15, -0.1) is 0 Å². The summed E-state index contributed by atoms with van der Waals surface area (Å²) >= 11 is 0.954. The second-order valence-electron chi connectivity index (χ2n) is 3.74. The summed E-state index contributed by atoms with van der Waals surface area (Å²) in [5.41, 5.74) is 0.775. The molecule has 5 nitrogen and oxygen atoms in total. The predicted molar refractivity (Wildman–Crippen MR) is 67.9 cm³/mol. The Labute approximate surface area is 109 Å². The Morgan fingerprint density at radius 3 is 3.00 bits per heavy atom. The minimum atomic E-state index is -0.248. The number of thioether (sulfide) groups is 1. The van der Waals surface area contributed by atoms with Crippen molar-refractivity contribution in [3.05, 3.63) is 29.1 Å². The average Bonchev–Trinajstić information content (AvgIpc) is 2.93. The smallest absolute Gasteiger partial charge is 0.293 e. The number of carbonyl (C=O) groups is 2. The molecule has 2 heterocycles. The third kappa shape index (κ3) is 2.83. The highest BCUT2D eigenvalue weighted by Crippen LogP contribution is 2.32. The molecule has 0 radical (unpaired) electrons. The van der Waals surface area contributed by atoms with Crippen LogP contribution in [0.4, 0.5) is 4.79 Å². The fourth-order valence-corrected chi connectivity index (χ4v) is 2.43. The van der Waals surface area contributed by atoms with Crippen molar-refractivity contribution in [3.8, 4) is 0 Å². The number of carbonyl (C=O) groups excluding carboxylic acids is 2. The molecule has 1 aliphatic rings. The van der Waals surface area contributed by atoms with Gasteiger partial charge in [-0.05, 0) is 30.3 Å². The summed E-state index contributed by atoms with van der Waals surface area (Å²) in [5, 5.41) is -0.231. The van der Waals surface area contributed by atoms with Crippen LogP contribution in [0, 0.1) is 0 Å². The van der Waals surface area contributed by atoms with Gasteiger partial charge in [0.1, 0.15) is 0 Å². The van der Waals surface area contributed by atoms with E-state index < -0.39 is 0 Å². The molecule has 1 saturated heterocycles. The molecule has 0 unspecified atom stereocenters. The van der Waals surface area contributed by atoms with Gasteiger partial charge in [0.05, 0.1) is 17.4 Å². The normalized spacial score (nSPS) is 18.1. The van der Waals surface area contributed by atoms with Gasteiger partial charge in [0.25, 0.3) is 11.1 Å². The molecule has 96 valence electrons. The highest BCUT2D eigenvalue weighted by atomic mass is 32.2. The van der Waals surface area contributed by atoms with E-state index >= 15 is 0 Å². The van der Waals surface area contributed by atoms with Crippen molar-refractivity contribution in [2.75, 3.05) is 20.3 Å². The van der Waals surface area contributed by atoms with Crippen LogP contribution in [0.3, 0.4) is 0 Å². The molecule has 0 saturated carbocycles. The van der Waals surface area contributed by atoms with Gasteiger partial charge in [-0.1, -0.05) is 0 Å². The maximum atomic E-state index is 12.0. The molecule has 1 fully saturated rings. The first-order valence-electron chi connectivity index (χ1n) is 5.49. The first-order valence-corrected chi connectivity index (χ1v) is 6.30. The summed E-state index contributed by atoms with van der Waals surface area (Å²) in [7, 11) is 1.59. The quantitative estimate of drug-likeness (QED) is 0.605. The van der Waals surface area contributed by atoms with Gasteiger partial charge in [0, 0.05) is 25.8 Å². The van der Waals surface area contributed by atoms with Crippen molar-refractivity contribution in [3.63, 3.8) is 0 Å². The third-order valence-corrected chi connectivity index (χ3v) is 3.35. The molecule has 2 rings (SSSR count). The van der Waals surface area contributed by atoms with Crippen LogP contribution < -0.4 is 0 Å². The Kier molecular flexibility index (Phi) is 4.22. The number of rotatable bonds is 5. The van der Waals surface area contributed by atoms with Crippen LogP contribution in [0.1, 0.15) is 12.0 Å². The van der Waals surface area contributed by atoms with E-state index in [4.69, 9.17) is 9.15 Å². The van der Waals surface area contributed by atoms with Gasteiger partial charge in [-0.3, -0.25) is 14.5 Å². The van der Waals surface area contributed by atoms with Crippen LogP contribution in [0.15, 0.2) is 27.9 Å². The molecule has 0 aromatic carbocycles. The van der Waals surface area contributed by atoms with Crippen molar-refractivity contribution >= 4 is 29.0 Å². The standard InChI is InChI=1S/C12H13NO4S/c1-16-5-2-4-13-11(14)10(18-12(13)15)7-9-3-6-17-8-9/h3,6-8H,2,4-5H2,1H3/b10-7+. The van der Waals surface area contributed by atoms with E-state index in [0.29, 0.717) is 24.5 Å². The Bertz CT molecular complexity index is 466. The van der Waals surface area contributed by atoms with Gasteiger partial charge >= 0.3 is 0 Å². The number of hydrogen-bond acceptors (Lipinski definition) is 5. The minimum absolute atomic E-state index is 0.231. The molecule has 18 heavy (non-hydrogen) atoms.